The molecule has 2 heterocycles. The molecule has 136 valence electrons. The number of alkyl halides is 3. The summed E-state index contributed by atoms with van der Waals surface area (Å²) >= 11 is 1.70. The van der Waals surface area contributed by atoms with Gasteiger partial charge in [-0.2, -0.15) is 13.2 Å². The second kappa shape index (κ2) is 6.20. The largest absolute Gasteiger partial charge is 0.471 e. The number of hydrogen-bond donors (Lipinski definition) is 0. The van der Waals surface area contributed by atoms with Crippen molar-refractivity contribution in [3.05, 3.63) is 29.3 Å². The maximum absolute atomic E-state index is 12.7. The highest BCUT2D eigenvalue weighted by Crippen LogP contribution is 2.50. The van der Waals surface area contributed by atoms with Gasteiger partial charge in [0.1, 0.15) is 0 Å². The van der Waals surface area contributed by atoms with Crippen molar-refractivity contribution in [2.45, 2.75) is 49.7 Å². The number of rotatable bonds is 2. The summed E-state index contributed by atoms with van der Waals surface area (Å²) in [5.74, 6) is -1.73. The number of halogens is 3. The van der Waals surface area contributed by atoms with Crippen molar-refractivity contribution >= 4 is 17.9 Å². The van der Waals surface area contributed by atoms with Crippen LogP contribution in [-0.4, -0.2) is 40.9 Å². The second-order valence-electron chi connectivity index (χ2n) is 7.46. The standard InChI is InChI=1S/C18H21F3N2OS/c19-18(20,21)16(24)22-8-4-13-2-3-15(10-14(13)11-22)25-23-9-7-17(12-23)5-1-6-17/h2-3,10H,1,4-9,11-12H2. The van der Waals surface area contributed by atoms with E-state index in [0.29, 0.717) is 11.8 Å². The van der Waals surface area contributed by atoms with Gasteiger partial charge < -0.3 is 4.90 Å². The normalized spacial score (nSPS) is 22.8. The van der Waals surface area contributed by atoms with Crippen LogP contribution in [0.3, 0.4) is 0 Å². The molecule has 1 saturated heterocycles. The summed E-state index contributed by atoms with van der Waals surface area (Å²) in [6.07, 6.45) is 0.913. The highest BCUT2D eigenvalue weighted by molar-refractivity contribution is 7.97. The highest BCUT2D eigenvalue weighted by Gasteiger charge is 2.44. The van der Waals surface area contributed by atoms with E-state index in [1.54, 1.807) is 11.9 Å². The molecule has 1 saturated carbocycles. The molecule has 0 aromatic heterocycles. The fraction of sp³-hybridized carbons (Fsp3) is 0.611. The van der Waals surface area contributed by atoms with Gasteiger partial charge in [-0.3, -0.25) is 4.79 Å². The van der Waals surface area contributed by atoms with Gasteiger partial charge in [-0.15, -0.1) is 0 Å². The maximum Gasteiger partial charge on any atom is 0.471 e. The van der Waals surface area contributed by atoms with Crippen molar-refractivity contribution in [2.24, 2.45) is 5.41 Å². The van der Waals surface area contributed by atoms with Crippen LogP contribution in [0.1, 0.15) is 36.8 Å². The first-order valence-corrected chi connectivity index (χ1v) is 9.53. The SMILES string of the molecule is O=C(N1CCc2ccc(SN3CCC4(CCC4)C3)cc2C1)C(F)(F)F. The van der Waals surface area contributed by atoms with E-state index in [-0.39, 0.29) is 13.1 Å². The average molecular weight is 370 g/mol. The molecular weight excluding hydrogens is 349 g/mol. The van der Waals surface area contributed by atoms with Crippen molar-refractivity contribution in [3.8, 4) is 0 Å². The molecule has 0 unspecified atom stereocenters. The van der Waals surface area contributed by atoms with Gasteiger partial charge >= 0.3 is 12.1 Å². The Bertz CT molecular complexity index is 687. The zero-order valence-electron chi connectivity index (χ0n) is 13.9. The number of carbonyl (C=O) groups excluding carboxylic acids is 1. The predicted molar refractivity (Wildman–Crippen MR) is 89.9 cm³/mol. The quantitative estimate of drug-likeness (QED) is 0.735. The Kier molecular flexibility index (Phi) is 4.27. The molecule has 1 aromatic carbocycles. The van der Waals surface area contributed by atoms with Crippen LogP contribution in [0.25, 0.3) is 0 Å². The van der Waals surface area contributed by atoms with Crippen molar-refractivity contribution in [2.75, 3.05) is 19.6 Å². The maximum atomic E-state index is 12.7. The summed E-state index contributed by atoms with van der Waals surface area (Å²) in [5, 5.41) is 0. The molecule has 1 aromatic rings. The summed E-state index contributed by atoms with van der Waals surface area (Å²) < 4.78 is 40.4. The zero-order chi connectivity index (χ0) is 17.7. The van der Waals surface area contributed by atoms with Gasteiger partial charge in [-0.25, -0.2) is 4.31 Å². The van der Waals surface area contributed by atoms with Gasteiger partial charge in [-0.1, -0.05) is 12.5 Å². The smallest absolute Gasteiger partial charge is 0.330 e. The monoisotopic (exact) mass is 370 g/mol. The lowest BCUT2D eigenvalue weighted by Gasteiger charge is -2.38. The molecule has 1 aliphatic carbocycles. The predicted octanol–water partition coefficient (Wildman–Crippen LogP) is 4.02. The minimum atomic E-state index is -4.80. The molecule has 2 aliphatic heterocycles. The number of carbonyl (C=O) groups is 1. The van der Waals surface area contributed by atoms with Crippen LogP contribution >= 0.6 is 11.9 Å². The number of nitrogens with zero attached hydrogens (tertiary/aromatic N) is 2. The van der Waals surface area contributed by atoms with Crippen molar-refractivity contribution in [3.63, 3.8) is 0 Å². The molecule has 0 atom stereocenters. The van der Waals surface area contributed by atoms with Crippen molar-refractivity contribution in [1.29, 1.82) is 0 Å². The minimum absolute atomic E-state index is 0.0476. The Labute approximate surface area is 149 Å². The van der Waals surface area contributed by atoms with E-state index in [1.807, 2.05) is 12.1 Å². The molecule has 4 rings (SSSR count). The van der Waals surface area contributed by atoms with E-state index in [2.05, 4.69) is 10.4 Å². The fourth-order valence-electron chi connectivity index (χ4n) is 4.15. The zero-order valence-corrected chi connectivity index (χ0v) is 14.8. The molecule has 0 N–H and O–H groups in total. The Morgan fingerprint density at radius 3 is 2.56 bits per heavy atom. The molecule has 25 heavy (non-hydrogen) atoms. The van der Waals surface area contributed by atoms with Crippen LogP contribution in [0.2, 0.25) is 0 Å². The van der Waals surface area contributed by atoms with Crippen LogP contribution in [-0.2, 0) is 17.8 Å². The van der Waals surface area contributed by atoms with Gasteiger partial charge in [-0.05, 0) is 66.3 Å². The van der Waals surface area contributed by atoms with E-state index in [9.17, 15) is 18.0 Å². The third kappa shape index (κ3) is 3.40. The molecular formula is C18H21F3N2OS. The summed E-state index contributed by atoms with van der Waals surface area (Å²) in [5.41, 5.74) is 2.41. The third-order valence-electron chi connectivity index (χ3n) is 5.77. The first kappa shape index (κ1) is 17.2. The third-order valence-corrected chi connectivity index (χ3v) is 6.81. The van der Waals surface area contributed by atoms with Crippen LogP contribution < -0.4 is 0 Å². The average Bonchev–Trinajstić information content (AvgIpc) is 2.97. The molecule has 3 nitrogen and oxygen atoms in total. The Morgan fingerprint density at radius 2 is 1.92 bits per heavy atom. The first-order chi connectivity index (χ1) is 11.8. The van der Waals surface area contributed by atoms with Gasteiger partial charge in [0.05, 0.1) is 0 Å². The molecule has 1 amide bonds. The Morgan fingerprint density at radius 1 is 1.12 bits per heavy atom. The second-order valence-corrected chi connectivity index (χ2v) is 8.63. The molecule has 3 aliphatic rings. The summed E-state index contributed by atoms with van der Waals surface area (Å²) in [6.45, 7) is 2.35. The summed E-state index contributed by atoms with van der Waals surface area (Å²) in [4.78, 5) is 13.5. The lowest BCUT2D eigenvalue weighted by molar-refractivity contribution is -0.186. The Hall–Kier alpha value is -1.21. The van der Waals surface area contributed by atoms with Gasteiger partial charge in [0, 0.05) is 31.1 Å². The van der Waals surface area contributed by atoms with E-state index < -0.39 is 12.1 Å². The summed E-state index contributed by atoms with van der Waals surface area (Å²) in [6, 6.07) is 6.01. The molecule has 1 spiro atoms. The van der Waals surface area contributed by atoms with Crippen LogP contribution in [0, 0.1) is 5.41 Å². The number of fused-ring (bicyclic) bond motifs is 1. The van der Waals surface area contributed by atoms with Gasteiger partial charge in [0.25, 0.3) is 0 Å². The number of hydrogen-bond acceptors (Lipinski definition) is 3. The molecule has 7 heteroatoms. The minimum Gasteiger partial charge on any atom is -0.330 e. The van der Waals surface area contributed by atoms with Gasteiger partial charge in [0.15, 0.2) is 0 Å². The van der Waals surface area contributed by atoms with Crippen LogP contribution in [0.15, 0.2) is 23.1 Å². The lowest BCUT2D eigenvalue weighted by atomic mass is 9.68. The van der Waals surface area contributed by atoms with E-state index in [1.165, 1.54) is 25.7 Å². The van der Waals surface area contributed by atoms with Crippen molar-refractivity contribution in [1.82, 2.24) is 9.21 Å². The molecule has 0 bridgehead atoms. The number of amides is 1. The van der Waals surface area contributed by atoms with Crippen molar-refractivity contribution < 1.29 is 18.0 Å². The van der Waals surface area contributed by atoms with E-state index >= 15 is 0 Å². The van der Waals surface area contributed by atoms with Crippen LogP contribution in [0.5, 0.6) is 0 Å². The van der Waals surface area contributed by atoms with Crippen LogP contribution in [0.4, 0.5) is 13.2 Å². The van der Waals surface area contributed by atoms with Gasteiger partial charge in [0.2, 0.25) is 0 Å². The molecule has 0 radical (unpaired) electrons. The van der Waals surface area contributed by atoms with E-state index in [0.717, 1.165) is 34.0 Å². The highest BCUT2D eigenvalue weighted by atomic mass is 32.2. The summed E-state index contributed by atoms with van der Waals surface area (Å²) in [7, 11) is 0. The fourth-order valence-corrected chi connectivity index (χ4v) is 5.29. The topological polar surface area (TPSA) is 23.6 Å². The first-order valence-electron chi connectivity index (χ1n) is 8.76. The Balaban J connectivity index is 1.44. The number of benzene rings is 1. The lowest BCUT2D eigenvalue weighted by Crippen LogP contribution is -2.43. The van der Waals surface area contributed by atoms with E-state index in [4.69, 9.17) is 0 Å². The molecule has 2 fully saturated rings.